The zero-order valence-electron chi connectivity index (χ0n) is 12.4. The molecule has 0 aliphatic heterocycles. The molecule has 0 aliphatic rings. The van der Waals surface area contributed by atoms with Gasteiger partial charge in [0, 0.05) is 5.39 Å². The first kappa shape index (κ1) is 16.1. The first-order valence-corrected chi connectivity index (χ1v) is 6.00. The second-order valence-electron chi connectivity index (χ2n) is 4.01. The normalized spacial score (nSPS) is 9.85. The summed E-state index contributed by atoms with van der Waals surface area (Å²) < 4.78 is 10.5. The van der Waals surface area contributed by atoms with Crippen molar-refractivity contribution < 1.29 is 24.4 Å². The van der Waals surface area contributed by atoms with Gasteiger partial charge >= 0.3 is 0 Å². The summed E-state index contributed by atoms with van der Waals surface area (Å²) in [5.41, 5.74) is 0.983. The Labute approximate surface area is 118 Å². The van der Waals surface area contributed by atoms with Crippen molar-refractivity contribution in [3.05, 3.63) is 29.8 Å². The summed E-state index contributed by atoms with van der Waals surface area (Å²) >= 11 is 0. The highest BCUT2D eigenvalue weighted by Crippen LogP contribution is 2.39. The van der Waals surface area contributed by atoms with E-state index in [1.807, 2.05) is 19.1 Å². The van der Waals surface area contributed by atoms with Gasteiger partial charge < -0.3 is 14.6 Å². The molecule has 0 aromatic heterocycles. The number of benzene rings is 2. The van der Waals surface area contributed by atoms with Crippen LogP contribution in [0.5, 0.6) is 17.2 Å². The van der Waals surface area contributed by atoms with E-state index < -0.39 is 0 Å². The van der Waals surface area contributed by atoms with Crippen LogP contribution in [-0.2, 0) is 9.78 Å². The van der Waals surface area contributed by atoms with Gasteiger partial charge in [-0.15, -0.1) is 0 Å². The van der Waals surface area contributed by atoms with Crippen LogP contribution >= 0.6 is 0 Å². The zero-order valence-corrected chi connectivity index (χ0v) is 12.4. The van der Waals surface area contributed by atoms with E-state index in [9.17, 15) is 5.11 Å². The van der Waals surface area contributed by atoms with Crippen molar-refractivity contribution in [1.29, 1.82) is 0 Å². The lowest BCUT2D eigenvalue weighted by Crippen LogP contribution is -1.90. The van der Waals surface area contributed by atoms with E-state index in [-0.39, 0.29) is 5.75 Å². The Kier molecular flexibility index (Phi) is 6.09. The van der Waals surface area contributed by atoms with Crippen molar-refractivity contribution in [3.63, 3.8) is 0 Å². The second kappa shape index (κ2) is 7.57. The highest BCUT2D eigenvalue weighted by molar-refractivity contribution is 5.98. The van der Waals surface area contributed by atoms with Gasteiger partial charge in [-0.3, -0.25) is 0 Å². The molecule has 0 aliphatic carbocycles. The SMILES string of the molecule is COOC.COc1ccc(OC)c2c(O)cc(C)cc12. The van der Waals surface area contributed by atoms with Gasteiger partial charge in [-0.25, -0.2) is 9.78 Å². The van der Waals surface area contributed by atoms with E-state index in [0.717, 1.165) is 16.7 Å². The molecule has 0 saturated carbocycles. The largest absolute Gasteiger partial charge is 0.507 e. The minimum Gasteiger partial charge on any atom is -0.507 e. The number of hydrogen-bond acceptors (Lipinski definition) is 5. The van der Waals surface area contributed by atoms with Gasteiger partial charge in [-0.05, 0) is 36.8 Å². The van der Waals surface area contributed by atoms with E-state index in [4.69, 9.17) is 9.47 Å². The van der Waals surface area contributed by atoms with Crippen LogP contribution in [0, 0.1) is 6.92 Å². The predicted molar refractivity (Wildman–Crippen MR) is 77.5 cm³/mol. The number of aromatic hydroxyl groups is 1. The van der Waals surface area contributed by atoms with E-state index in [1.54, 1.807) is 26.4 Å². The molecule has 0 radical (unpaired) electrons. The van der Waals surface area contributed by atoms with Crippen LogP contribution in [0.15, 0.2) is 24.3 Å². The van der Waals surface area contributed by atoms with Gasteiger partial charge in [0.1, 0.15) is 17.2 Å². The molecule has 20 heavy (non-hydrogen) atoms. The van der Waals surface area contributed by atoms with Gasteiger partial charge in [-0.2, -0.15) is 0 Å². The molecule has 0 atom stereocenters. The number of ether oxygens (including phenoxy) is 2. The molecule has 1 N–H and O–H groups in total. The lowest BCUT2D eigenvalue weighted by molar-refractivity contribution is -0.248. The quantitative estimate of drug-likeness (QED) is 0.691. The van der Waals surface area contributed by atoms with Crippen LogP contribution in [0.4, 0.5) is 0 Å². The highest BCUT2D eigenvalue weighted by atomic mass is 17.2. The molecule has 0 unspecified atom stereocenters. The summed E-state index contributed by atoms with van der Waals surface area (Å²) in [6.45, 7) is 1.93. The summed E-state index contributed by atoms with van der Waals surface area (Å²) in [4.78, 5) is 8.08. The number of phenolic OH excluding ortho intramolecular Hbond substituents is 1. The maximum absolute atomic E-state index is 9.95. The van der Waals surface area contributed by atoms with E-state index in [2.05, 4.69) is 9.78 Å². The fourth-order valence-electron chi connectivity index (χ4n) is 1.89. The fraction of sp³-hybridized carbons (Fsp3) is 0.333. The highest BCUT2D eigenvalue weighted by Gasteiger charge is 2.11. The lowest BCUT2D eigenvalue weighted by Gasteiger charge is -2.11. The average Bonchev–Trinajstić information content (AvgIpc) is 2.46. The van der Waals surface area contributed by atoms with Crippen molar-refractivity contribution >= 4 is 10.8 Å². The third-order valence-corrected chi connectivity index (χ3v) is 2.77. The first-order chi connectivity index (χ1) is 9.58. The van der Waals surface area contributed by atoms with E-state index >= 15 is 0 Å². The topological polar surface area (TPSA) is 57.2 Å². The summed E-state index contributed by atoms with van der Waals surface area (Å²) in [5.74, 6) is 1.59. The monoisotopic (exact) mass is 280 g/mol. The van der Waals surface area contributed by atoms with Crippen molar-refractivity contribution in [2.24, 2.45) is 0 Å². The first-order valence-electron chi connectivity index (χ1n) is 6.00. The fourth-order valence-corrected chi connectivity index (χ4v) is 1.89. The third kappa shape index (κ3) is 3.53. The molecule has 0 fully saturated rings. The lowest BCUT2D eigenvalue weighted by atomic mass is 10.0. The molecule has 0 heterocycles. The second-order valence-corrected chi connectivity index (χ2v) is 4.01. The Hall–Kier alpha value is -1.98. The Morgan fingerprint density at radius 1 is 0.850 bits per heavy atom. The van der Waals surface area contributed by atoms with Gasteiger partial charge in [0.2, 0.25) is 0 Å². The molecule has 0 bridgehead atoms. The summed E-state index contributed by atoms with van der Waals surface area (Å²) in [5, 5.41) is 11.5. The molecular weight excluding hydrogens is 260 g/mol. The Morgan fingerprint density at radius 3 is 1.90 bits per heavy atom. The third-order valence-electron chi connectivity index (χ3n) is 2.77. The zero-order chi connectivity index (χ0) is 15.1. The van der Waals surface area contributed by atoms with Crippen LogP contribution < -0.4 is 9.47 Å². The molecule has 0 spiro atoms. The molecule has 2 aromatic carbocycles. The number of fused-ring (bicyclic) bond motifs is 1. The minimum absolute atomic E-state index is 0.214. The smallest absolute Gasteiger partial charge is 0.130 e. The standard InChI is InChI=1S/C13H14O3.C2H6O2/c1-8-6-9-11(15-2)4-5-12(16-3)13(9)10(14)7-8;1-3-4-2/h4-7,14H,1-3H3;1-2H3. The van der Waals surface area contributed by atoms with Crippen molar-refractivity contribution in [1.82, 2.24) is 0 Å². The van der Waals surface area contributed by atoms with Crippen molar-refractivity contribution in [3.8, 4) is 17.2 Å². The van der Waals surface area contributed by atoms with Gasteiger partial charge in [0.25, 0.3) is 0 Å². The van der Waals surface area contributed by atoms with Gasteiger partial charge in [0.05, 0.1) is 33.8 Å². The maximum Gasteiger partial charge on any atom is 0.130 e. The minimum atomic E-state index is 0.214. The van der Waals surface area contributed by atoms with Crippen molar-refractivity contribution in [2.75, 3.05) is 28.4 Å². The van der Waals surface area contributed by atoms with E-state index in [0.29, 0.717) is 11.1 Å². The Morgan fingerprint density at radius 2 is 1.40 bits per heavy atom. The molecule has 2 rings (SSSR count). The van der Waals surface area contributed by atoms with Crippen LogP contribution in [0.25, 0.3) is 10.8 Å². The number of hydrogen-bond donors (Lipinski definition) is 1. The average molecular weight is 280 g/mol. The van der Waals surface area contributed by atoms with Crippen LogP contribution in [0.2, 0.25) is 0 Å². The summed E-state index contributed by atoms with van der Waals surface area (Å²) in [7, 11) is 6.11. The van der Waals surface area contributed by atoms with Crippen LogP contribution in [-0.4, -0.2) is 33.5 Å². The summed E-state index contributed by atoms with van der Waals surface area (Å²) in [6, 6.07) is 7.30. The molecule has 0 saturated heterocycles. The number of aryl methyl sites for hydroxylation is 1. The van der Waals surface area contributed by atoms with Gasteiger partial charge in [-0.1, -0.05) is 0 Å². The summed E-state index contributed by atoms with van der Waals surface area (Å²) in [6.07, 6.45) is 0. The van der Waals surface area contributed by atoms with Crippen molar-refractivity contribution in [2.45, 2.75) is 6.92 Å². The number of methoxy groups -OCH3 is 2. The number of rotatable bonds is 3. The maximum atomic E-state index is 9.95. The molecular formula is C15H20O5. The molecule has 110 valence electrons. The molecule has 5 nitrogen and oxygen atoms in total. The van der Waals surface area contributed by atoms with E-state index in [1.165, 1.54) is 14.2 Å². The Bertz CT molecular complexity index is 564. The number of phenols is 1. The van der Waals surface area contributed by atoms with Crippen LogP contribution in [0.3, 0.4) is 0 Å². The predicted octanol–water partition coefficient (Wildman–Crippen LogP) is 3.07. The molecule has 5 heteroatoms. The Balaban J connectivity index is 0.000000444. The molecule has 0 amide bonds. The van der Waals surface area contributed by atoms with Crippen LogP contribution in [0.1, 0.15) is 5.56 Å². The van der Waals surface area contributed by atoms with Gasteiger partial charge in [0.15, 0.2) is 0 Å². The molecule has 2 aromatic rings.